The van der Waals surface area contributed by atoms with Crippen LogP contribution in [0.25, 0.3) is 10.9 Å². The number of aromatic nitrogens is 1. The largest absolute Gasteiger partial charge is 0.385 e. The van der Waals surface area contributed by atoms with Crippen molar-refractivity contribution in [2.24, 2.45) is 5.92 Å². The summed E-state index contributed by atoms with van der Waals surface area (Å²) in [6.45, 7) is 4.69. The molecule has 4 rings (SSSR count). The second-order valence-electron chi connectivity index (χ2n) is 7.71. The van der Waals surface area contributed by atoms with Gasteiger partial charge in [0.25, 0.3) is 0 Å². The molecule has 1 aromatic heterocycles. The van der Waals surface area contributed by atoms with Crippen LogP contribution in [0.3, 0.4) is 0 Å². The minimum absolute atomic E-state index is 0.339. The predicted molar refractivity (Wildman–Crippen MR) is 103 cm³/mol. The summed E-state index contributed by atoms with van der Waals surface area (Å²) in [6.07, 6.45) is 3.76. The number of methoxy groups -OCH3 is 1. The zero-order valence-corrected chi connectivity index (χ0v) is 15.6. The Labute approximate surface area is 155 Å². The van der Waals surface area contributed by atoms with E-state index < -0.39 is 0 Å². The molecule has 0 radical (unpaired) electrons. The van der Waals surface area contributed by atoms with Crippen LogP contribution in [0.2, 0.25) is 0 Å². The number of ether oxygens (including phenoxy) is 1. The fourth-order valence-electron chi connectivity index (χ4n) is 4.70. The summed E-state index contributed by atoms with van der Waals surface area (Å²) in [4.78, 5) is 20.6. The molecule has 1 N–H and O–H groups in total. The van der Waals surface area contributed by atoms with Crippen molar-refractivity contribution in [2.45, 2.75) is 38.3 Å². The molecular formula is C21H29N3O2. The van der Waals surface area contributed by atoms with Gasteiger partial charge in [0.15, 0.2) is 0 Å². The van der Waals surface area contributed by atoms with E-state index in [1.807, 2.05) is 0 Å². The summed E-state index contributed by atoms with van der Waals surface area (Å²) in [7, 11) is 1.73. The highest BCUT2D eigenvalue weighted by Crippen LogP contribution is 2.32. The van der Waals surface area contributed by atoms with Crippen LogP contribution in [-0.4, -0.2) is 60.1 Å². The number of hydrogen-bond donors (Lipinski definition) is 1. The molecule has 2 saturated heterocycles. The highest BCUT2D eigenvalue weighted by atomic mass is 16.5. The number of carbonyl (C=O) groups is 1. The first-order valence-corrected chi connectivity index (χ1v) is 9.82. The quantitative estimate of drug-likeness (QED) is 0.811. The number of hydrogen-bond acceptors (Lipinski definition) is 3. The molecule has 2 aromatic rings. The summed E-state index contributed by atoms with van der Waals surface area (Å²) in [5, 5.41) is 1.28. The maximum Gasteiger partial charge on any atom is 0.222 e. The lowest BCUT2D eigenvalue weighted by Crippen LogP contribution is -2.56. The van der Waals surface area contributed by atoms with Gasteiger partial charge in [-0.1, -0.05) is 18.2 Å². The first-order chi connectivity index (χ1) is 12.7. The Balaban J connectivity index is 1.38. The van der Waals surface area contributed by atoms with Gasteiger partial charge in [0.2, 0.25) is 5.91 Å². The van der Waals surface area contributed by atoms with E-state index in [0.717, 1.165) is 52.0 Å². The van der Waals surface area contributed by atoms with Gasteiger partial charge in [0, 0.05) is 63.6 Å². The topological polar surface area (TPSA) is 48.6 Å². The van der Waals surface area contributed by atoms with Crippen LogP contribution in [0.5, 0.6) is 0 Å². The van der Waals surface area contributed by atoms with Gasteiger partial charge < -0.3 is 14.6 Å². The van der Waals surface area contributed by atoms with E-state index >= 15 is 0 Å². The number of benzene rings is 1. The number of amides is 1. The van der Waals surface area contributed by atoms with Gasteiger partial charge in [0.1, 0.15) is 0 Å². The van der Waals surface area contributed by atoms with Crippen LogP contribution in [0.15, 0.2) is 30.3 Å². The fourth-order valence-corrected chi connectivity index (χ4v) is 4.70. The fraction of sp³-hybridized carbons (Fsp3) is 0.571. The Bertz CT molecular complexity index is 724. The molecule has 140 valence electrons. The summed E-state index contributed by atoms with van der Waals surface area (Å²) >= 11 is 0. The molecule has 1 aromatic carbocycles. The van der Waals surface area contributed by atoms with Crippen LogP contribution in [0.1, 0.15) is 31.4 Å². The van der Waals surface area contributed by atoms with Gasteiger partial charge in [0.05, 0.1) is 0 Å². The second kappa shape index (κ2) is 7.80. The number of H-pyrrole nitrogens is 1. The molecule has 2 atom stereocenters. The zero-order valence-electron chi connectivity index (χ0n) is 15.6. The van der Waals surface area contributed by atoms with Crippen molar-refractivity contribution in [3.8, 4) is 0 Å². The lowest BCUT2D eigenvalue weighted by atomic mass is 9.83. The third-order valence-electron chi connectivity index (χ3n) is 5.95. The first-order valence-electron chi connectivity index (χ1n) is 9.82. The molecule has 0 bridgehead atoms. The van der Waals surface area contributed by atoms with Gasteiger partial charge in [-0.2, -0.15) is 0 Å². The van der Waals surface area contributed by atoms with Gasteiger partial charge in [-0.3, -0.25) is 9.69 Å². The van der Waals surface area contributed by atoms with Crippen molar-refractivity contribution in [1.29, 1.82) is 0 Å². The minimum atomic E-state index is 0.339. The van der Waals surface area contributed by atoms with Crippen molar-refractivity contribution in [3.63, 3.8) is 0 Å². The van der Waals surface area contributed by atoms with E-state index in [-0.39, 0.29) is 0 Å². The highest BCUT2D eigenvalue weighted by Gasteiger charge is 2.38. The number of fused-ring (bicyclic) bond motifs is 2. The molecular weight excluding hydrogens is 326 g/mol. The van der Waals surface area contributed by atoms with Crippen molar-refractivity contribution in [1.82, 2.24) is 14.8 Å². The lowest BCUT2D eigenvalue weighted by Gasteiger charge is -2.47. The van der Waals surface area contributed by atoms with E-state index in [9.17, 15) is 4.79 Å². The molecule has 2 aliphatic rings. The van der Waals surface area contributed by atoms with Crippen molar-refractivity contribution in [2.75, 3.05) is 33.4 Å². The molecule has 1 amide bonds. The summed E-state index contributed by atoms with van der Waals surface area (Å²) in [5.74, 6) is 0.944. The Kier molecular flexibility index (Phi) is 5.27. The minimum Gasteiger partial charge on any atom is -0.385 e. The Hall–Kier alpha value is -1.85. The summed E-state index contributed by atoms with van der Waals surface area (Å²) < 4.78 is 5.16. The van der Waals surface area contributed by atoms with E-state index in [1.54, 1.807) is 7.11 Å². The number of nitrogens with one attached hydrogen (secondary N) is 1. The number of para-hydroxylation sites is 1. The van der Waals surface area contributed by atoms with Gasteiger partial charge in [-0.05, 0) is 42.7 Å². The van der Waals surface area contributed by atoms with E-state index in [0.29, 0.717) is 24.3 Å². The van der Waals surface area contributed by atoms with Crippen LogP contribution >= 0.6 is 0 Å². The van der Waals surface area contributed by atoms with Crippen molar-refractivity contribution in [3.05, 3.63) is 36.0 Å². The first kappa shape index (κ1) is 17.6. The SMILES string of the molecule is COCCCN1C(=O)CC[C@H]2CN(Cc3cc4ccccc4[nH]3)CC[C@H]21. The summed E-state index contributed by atoms with van der Waals surface area (Å²) in [6, 6.07) is 11.1. The van der Waals surface area contributed by atoms with E-state index in [2.05, 4.69) is 45.1 Å². The number of rotatable bonds is 6. The maximum absolute atomic E-state index is 12.4. The Morgan fingerprint density at radius 1 is 1.27 bits per heavy atom. The number of aromatic amines is 1. The van der Waals surface area contributed by atoms with Crippen LogP contribution in [-0.2, 0) is 16.1 Å². The van der Waals surface area contributed by atoms with Gasteiger partial charge >= 0.3 is 0 Å². The number of likely N-dealkylation sites (tertiary alicyclic amines) is 2. The lowest BCUT2D eigenvalue weighted by molar-refractivity contribution is -0.141. The second-order valence-corrected chi connectivity index (χ2v) is 7.71. The molecule has 5 heteroatoms. The van der Waals surface area contributed by atoms with E-state index in [1.165, 1.54) is 16.6 Å². The van der Waals surface area contributed by atoms with Gasteiger partial charge in [-0.15, -0.1) is 0 Å². The van der Waals surface area contributed by atoms with Crippen molar-refractivity contribution >= 4 is 16.8 Å². The molecule has 0 saturated carbocycles. The number of nitrogens with zero attached hydrogens (tertiary/aromatic N) is 2. The average molecular weight is 355 g/mol. The standard InChI is InChI=1S/C21H29N3O2/c1-26-12-4-10-24-20-9-11-23(14-17(20)7-8-21(24)25)15-18-13-16-5-2-3-6-19(16)22-18/h2-3,5-6,13,17,20,22H,4,7-12,14-15H2,1H3/t17-,20+/m0/s1. The molecule has 2 fully saturated rings. The maximum atomic E-state index is 12.4. The molecule has 5 nitrogen and oxygen atoms in total. The van der Waals surface area contributed by atoms with Crippen LogP contribution in [0.4, 0.5) is 0 Å². The molecule has 2 aliphatic heterocycles. The molecule has 0 unspecified atom stereocenters. The number of piperidine rings is 2. The Morgan fingerprint density at radius 3 is 3.00 bits per heavy atom. The highest BCUT2D eigenvalue weighted by molar-refractivity contribution is 5.80. The molecule has 0 aliphatic carbocycles. The molecule has 0 spiro atoms. The predicted octanol–water partition coefficient (Wildman–Crippen LogP) is 3.02. The molecule has 26 heavy (non-hydrogen) atoms. The van der Waals surface area contributed by atoms with Gasteiger partial charge in [-0.25, -0.2) is 0 Å². The average Bonchev–Trinajstić information content (AvgIpc) is 3.06. The third-order valence-corrected chi connectivity index (χ3v) is 5.95. The number of carbonyl (C=O) groups excluding carboxylic acids is 1. The molecule has 3 heterocycles. The smallest absolute Gasteiger partial charge is 0.222 e. The van der Waals surface area contributed by atoms with Crippen molar-refractivity contribution < 1.29 is 9.53 Å². The monoisotopic (exact) mass is 355 g/mol. The Morgan fingerprint density at radius 2 is 2.15 bits per heavy atom. The van der Waals surface area contributed by atoms with Crippen LogP contribution < -0.4 is 0 Å². The normalized spacial score (nSPS) is 24.2. The zero-order chi connectivity index (χ0) is 17.9. The summed E-state index contributed by atoms with van der Waals surface area (Å²) in [5.41, 5.74) is 2.50. The third kappa shape index (κ3) is 3.64. The van der Waals surface area contributed by atoms with Crippen LogP contribution in [0, 0.1) is 5.92 Å². The van der Waals surface area contributed by atoms with E-state index in [4.69, 9.17) is 4.74 Å².